The number of thioether (sulfide) groups is 1. The van der Waals surface area contributed by atoms with Crippen molar-refractivity contribution < 1.29 is 14.7 Å². The summed E-state index contributed by atoms with van der Waals surface area (Å²) < 4.78 is 0.193. The van der Waals surface area contributed by atoms with Gasteiger partial charge in [0.05, 0.1) is 6.04 Å². The van der Waals surface area contributed by atoms with E-state index in [9.17, 15) is 9.59 Å². The summed E-state index contributed by atoms with van der Waals surface area (Å²) in [4.78, 5) is 26.7. The minimum Gasteiger partial charge on any atom is -0.476 e. The van der Waals surface area contributed by atoms with Crippen molar-refractivity contribution in [3.8, 4) is 0 Å². The SMILES string of the molecule is CSC1(CNC(=O)NC(C)c2nc(C(=O)O)cs2)CCC1. The minimum absolute atomic E-state index is 0.0138. The van der Waals surface area contributed by atoms with Gasteiger partial charge < -0.3 is 15.7 Å². The monoisotopic (exact) mass is 329 g/mol. The van der Waals surface area contributed by atoms with E-state index in [1.165, 1.54) is 23.1 Å². The third kappa shape index (κ3) is 3.88. The van der Waals surface area contributed by atoms with Crippen molar-refractivity contribution in [3.05, 3.63) is 16.1 Å². The topological polar surface area (TPSA) is 91.3 Å². The molecule has 0 spiro atoms. The number of urea groups is 1. The van der Waals surface area contributed by atoms with Crippen LogP contribution < -0.4 is 10.6 Å². The molecule has 1 unspecified atom stereocenters. The van der Waals surface area contributed by atoms with Crippen LogP contribution in [-0.2, 0) is 0 Å². The maximum Gasteiger partial charge on any atom is 0.355 e. The van der Waals surface area contributed by atoms with Gasteiger partial charge in [-0.2, -0.15) is 11.8 Å². The zero-order chi connectivity index (χ0) is 15.5. The Labute approximate surface area is 131 Å². The molecule has 1 atom stereocenters. The number of hydrogen-bond acceptors (Lipinski definition) is 5. The number of nitrogens with one attached hydrogen (secondary N) is 2. The normalized spacial score (nSPS) is 17.6. The van der Waals surface area contributed by atoms with Crippen LogP contribution in [0.1, 0.15) is 47.7 Å². The average molecular weight is 329 g/mol. The summed E-state index contributed by atoms with van der Waals surface area (Å²) in [5, 5.41) is 16.6. The van der Waals surface area contributed by atoms with Gasteiger partial charge in [0.15, 0.2) is 5.69 Å². The molecule has 21 heavy (non-hydrogen) atoms. The molecule has 0 aliphatic heterocycles. The molecule has 1 fully saturated rings. The highest BCUT2D eigenvalue weighted by Crippen LogP contribution is 2.42. The number of aromatic nitrogens is 1. The molecule has 2 rings (SSSR count). The Balaban J connectivity index is 1.82. The van der Waals surface area contributed by atoms with Gasteiger partial charge in [0, 0.05) is 16.7 Å². The largest absolute Gasteiger partial charge is 0.476 e. The summed E-state index contributed by atoms with van der Waals surface area (Å²) in [5.74, 6) is -1.05. The Morgan fingerprint density at radius 2 is 2.29 bits per heavy atom. The molecule has 3 N–H and O–H groups in total. The Bertz CT molecular complexity index is 523. The van der Waals surface area contributed by atoms with Crippen LogP contribution in [-0.4, -0.2) is 39.6 Å². The molecule has 0 aromatic carbocycles. The van der Waals surface area contributed by atoms with Crippen LogP contribution in [0.15, 0.2) is 5.38 Å². The summed E-state index contributed by atoms with van der Waals surface area (Å²) in [6.45, 7) is 2.45. The third-order valence-corrected chi connectivity index (χ3v) is 6.17. The predicted molar refractivity (Wildman–Crippen MR) is 84.1 cm³/mol. The summed E-state index contributed by atoms with van der Waals surface area (Å²) in [7, 11) is 0. The number of aromatic carboxylic acids is 1. The van der Waals surface area contributed by atoms with Crippen molar-refractivity contribution in [2.24, 2.45) is 0 Å². The fourth-order valence-electron chi connectivity index (χ4n) is 2.16. The molecule has 2 amide bonds. The lowest BCUT2D eigenvalue weighted by molar-refractivity contribution is 0.0691. The fraction of sp³-hybridized carbons (Fsp3) is 0.615. The molecule has 0 bridgehead atoms. The van der Waals surface area contributed by atoms with Gasteiger partial charge in [0.25, 0.3) is 0 Å². The quantitative estimate of drug-likeness (QED) is 0.746. The number of thiazole rings is 1. The van der Waals surface area contributed by atoms with E-state index >= 15 is 0 Å². The van der Waals surface area contributed by atoms with E-state index in [0.717, 1.165) is 12.8 Å². The number of hydrogen-bond donors (Lipinski definition) is 3. The maximum atomic E-state index is 11.9. The summed E-state index contributed by atoms with van der Waals surface area (Å²) >= 11 is 3.04. The molecule has 6 nitrogen and oxygen atoms in total. The van der Waals surface area contributed by atoms with Crippen molar-refractivity contribution in [1.29, 1.82) is 0 Å². The molecule has 1 aliphatic rings. The van der Waals surface area contributed by atoms with Crippen molar-refractivity contribution in [2.75, 3.05) is 12.8 Å². The number of nitrogens with zero attached hydrogens (tertiary/aromatic N) is 1. The predicted octanol–water partition coefficient (Wildman–Crippen LogP) is 2.49. The molecule has 0 radical (unpaired) electrons. The lowest BCUT2D eigenvalue weighted by Crippen LogP contribution is -2.48. The molecule has 1 aromatic rings. The fourth-order valence-corrected chi connectivity index (χ4v) is 3.87. The smallest absolute Gasteiger partial charge is 0.355 e. The Morgan fingerprint density at radius 3 is 2.76 bits per heavy atom. The van der Waals surface area contributed by atoms with Crippen molar-refractivity contribution >= 4 is 35.1 Å². The van der Waals surface area contributed by atoms with Crippen LogP contribution in [0.4, 0.5) is 4.79 Å². The number of carboxylic acids is 1. The first-order chi connectivity index (χ1) is 9.96. The Hall–Kier alpha value is -1.28. The second-order valence-electron chi connectivity index (χ2n) is 5.17. The van der Waals surface area contributed by atoms with Gasteiger partial charge >= 0.3 is 12.0 Å². The molecular weight excluding hydrogens is 310 g/mol. The molecule has 8 heteroatoms. The first-order valence-electron chi connectivity index (χ1n) is 6.74. The number of carbonyl (C=O) groups is 2. The highest BCUT2D eigenvalue weighted by molar-refractivity contribution is 8.00. The zero-order valence-corrected chi connectivity index (χ0v) is 13.6. The summed E-state index contributed by atoms with van der Waals surface area (Å²) in [6.07, 6.45) is 5.57. The molecule has 116 valence electrons. The Kier molecular flexibility index (Phi) is 5.10. The molecule has 1 aliphatic carbocycles. The number of carbonyl (C=O) groups excluding carboxylic acids is 1. The van der Waals surface area contributed by atoms with Crippen molar-refractivity contribution in [3.63, 3.8) is 0 Å². The second-order valence-corrected chi connectivity index (χ2v) is 7.33. The van der Waals surface area contributed by atoms with E-state index in [1.54, 1.807) is 18.7 Å². The molecule has 1 saturated carbocycles. The van der Waals surface area contributed by atoms with Crippen molar-refractivity contribution in [2.45, 2.75) is 37.0 Å². The van der Waals surface area contributed by atoms with Crippen molar-refractivity contribution in [1.82, 2.24) is 15.6 Å². The van der Waals surface area contributed by atoms with E-state index in [4.69, 9.17) is 5.11 Å². The second kappa shape index (κ2) is 6.65. The number of carboxylic acid groups (broad SMARTS) is 1. The van der Waals surface area contributed by atoms with Crippen LogP contribution in [0.25, 0.3) is 0 Å². The standard InChI is InChI=1S/C13H19N3O3S2/c1-8(10-16-9(6-21-10)11(17)18)15-12(19)14-7-13(20-2)4-3-5-13/h6,8H,3-5,7H2,1-2H3,(H,17,18)(H2,14,15,19). The highest BCUT2D eigenvalue weighted by Gasteiger charge is 2.36. The minimum atomic E-state index is -1.05. The number of amides is 2. The molecule has 0 saturated heterocycles. The first kappa shape index (κ1) is 16.1. The average Bonchev–Trinajstić information content (AvgIpc) is 2.87. The van der Waals surface area contributed by atoms with E-state index < -0.39 is 5.97 Å². The van der Waals surface area contributed by atoms with Gasteiger partial charge in [0.1, 0.15) is 5.01 Å². The van der Waals surface area contributed by atoms with Crippen LogP contribution >= 0.6 is 23.1 Å². The van der Waals surface area contributed by atoms with E-state index in [1.807, 2.05) is 0 Å². The lowest BCUT2D eigenvalue weighted by atomic mass is 9.84. The van der Waals surface area contributed by atoms with Gasteiger partial charge in [-0.05, 0) is 26.0 Å². The van der Waals surface area contributed by atoms with Gasteiger partial charge in [-0.3, -0.25) is 0 Å². The van der Waals surface area contributed by atoms with Crippen LogP contribution in [0.2, 0.25) is 0 Å². The summed E-state index contributed by atoms with van der Waals surface area (Å²) in [6, 6.07) is -0.551. The van der Waals surface area contributed by atoms with Gasteiger partial charge in [-0.15, -0.1) is 11.3 Å². The van der Waals surface area contributed by atoms with Crippen LogP contribution in [0, 0.1) is 0 Å². The van der Waals surface area contributed by atoms with Gasteiger partial charge in [-0.25, -0.2) is 14.6 Å². The van der Waals surface area contributed by atoms with Crippen LogP contribution in [0.3, 0.4) is 0 Å². The van der Waals surface area contributed by atoms with Crippen LogP contribution in [0.5, 0.6) is 0 Å². The van der Waals surface area contributed by atoms with Gasteiger partial charge in [-0.1, -0.05) is 6.42 Å². The Morgan fingerprint density at radius 1 is 1.57 bits per heavy atom. The zero-order valence-electron chi connectivity index (χ0n) is 12.0. The third-order valence-electron chi connectivity index (χ3n) is 3.73. The number of rotatable bonds is 6. The maximum absolute atomic E-state index is 11.9. The summed E-state index contributed by atoms with van der Waals surface area (Å²) in [5.41, 5.74) is 0.0138. The molecular formula is C13H19N3O3S2. The van der Waals surface area contributed by atoms with Gasteiger partial charge in [0.2, 0.25) is 0 Å². The molecule has 1 aromatic heterocycles. The lowest BCUT2D eigenvalue weighted by Gasteiger charge is -2.40. The molecule has 1 heterocycles. The van der Waals surface area contributed by atoms with E-state index in [-0.39, 0.29) is 22.5 Å². The first-order valence-corrected chi connectivity index (χ1v) is 8.84. The van der Waals surface area contributed by atoms with E-state index in [2.05, 4.69) is 21.9 Å². The highest BCUT2D eigenvalue weighted by atomic mass is 32.2. The van der Waals surface area contributed by atoms with E-state index in [0.29, 0.717) is 11.6 Å².